The molecule has 1 fully saturated rings. The summed E-state index contributed by atoms with van der Waals surface area (Å²) >= 11 is 0. The lowest BCUT2D eigenvalue weighted by Gasteiger charge is -2.21. The third-order valence-corrected chi connectivity index (χ3v) is 5.28. The zero-order chi connectivity index (χ0) is 20.9. The molecule has 0 bridgehead atoms. The molecule has 0 N–H and O–H groups in total. The number of ether oxygens (including phenoxy) is 3. The SMILES string of the molecule is COc1ccc(-c2cc(=O)c3cc(OCC(=O)OC4CCCCC4)ccc3o2)cc1. The van der Waals surface area contributed by atoms with Crippen LogP contribution in [-0.2, 0) is 9.53 Å². The first kappa shape index (κ1) is 20.0. The van der Waals surface area contributed by atoms with Gasteiger partial charge in [-0.25, -0.2) is 4.79 Å². The Kier molecular flexibility index (Phi) is 6.02. The highest BCUT2D eigenvalue weighted by molar-refractivity contribution is 5.80. The van der Waals surface area contributed by atoms with E-state index < -0.39 is 0 Å². The number of fused-ring (bicyclic) bond motifs is 1. The van der Waals surface area contributed by atoms with Crippen LogP contribution in [-0.4, -0.2) is 25.8 Å². The van der Waals surface area contributed by atoms with Crippen molar-refractivity contribution in [3.8, 4) is 22.8 Å². The molecule has 0 atom stereocenters. The fraction of sp³-hybridized carbons (Fsp3) is 0.333. The van der Waals surface area contributed by atoms with Gasteiger partial charge in [0.15, 0.2) is 12.0 Å². The minimum atomic E-state index is -0.385. The molecule has 0 saturated heterocycles. The highest BCUT2D eigenvalue weighted by Crippen LogP contribution is 2.26. The zero-order valence-corrected chi connectivity index (χ0v) is 16.9. The van der Waals surface area contributed by atoms with Crippen LogP contribution in [0.1, 0.15) is 32.1 Å². The van der Waals surface area contributed by atoms with Crippen molar-refractivity contribution in [2.24, 2.45) is 0 Å². The Balaban J connectivity index is 1.46. The molecule has 0 radical (unpaired) electrons. The maximum absolute atomic E-state index is 12.6. The molecule has 1 saturated carbocycles. The maximum Gasteiger partial charge on any atom is 0.344 e. The predicted octanol–water partition coefficient (Wildman–Crippen LogP) is 4.72. The maximum atomic E-state index is 12.6. The Labute approximate surface area is 174 Å². The quantitative estimate of drug-likeness (QED) is 0.549. The first-order valence-electron chi connectivity index (χ1n) is 10.2. The van der Waals surface area contributed by atoms with Gasteiger partial charge in [-0.15, -0.1) is 0 Å². The third kappa shape index (κ3) is 4.64. The van der Waals surface area contributed by atoms with Gasteiger partial charge >= 0.3 is 5.97 Å². The van der Waals surface area contributed by atoms with Crippen LogP contribution in [0.2, 0.25) is 0 Å². The summed E-state index contributed by atoms with van der Waals surface area (Å²) in [5.74, 6) is 1.24. The van der Waals surface area contributed by atoms with Crippen LogP contribution >= 0.6 is 0 Å². The summed E-state index contributed by atoms with van der Waals surface area (Å²) in [6.45, 7) is -0.183. The van der Waals surface area contributed by atoms with Crippen molar-refractivity contribution in [3.63, 3.8) is 0 Å². The molecule has 4 rings (SSSR count). The van der Waals surface area contributed by atoms with Crippen LogP contribution < -0.4 is 14.9 Å². The van der Waals surface area contributed by atoms with Gasteiger partial charge in [-0.2, -0.15) is 0 Å². The zero-order valence-electron chi connectivity index (χ0n) is 16.9. The Bertz CT molecular complexity index is 1080. The number of hydrogen-bond acceptors (Lipinski definition) is 6. The molecule has 3 aromatic rings. The molecule has 6 heteroatoms. The van der Waals surface area contributed by atoms with Gasteiger partial charge < -0.3 is 18.6 Å². The molecule has 1 heterocycles. The van der Waals surface area contributed by atoms with E-state index in [1.54, 1.807) is 25.3 Å². The van der Waals surface area contributed by atoms with Crippen LogP contribution in [0.25, 0.3) is 22.3 Å². The molecule has 2 aromatic carbocycles. The molecule has 156 valence electrons. The second-order valence-corrected chi connectivity index (χ2v) is 7.40. The van der Waals surface area contributed by atoms with E-state index in [-0.39, 0.29) is 24.1 Å². The van der Waals surface area contributed by atoms with E-state index in [0.29, 0.717) is 22.5 Å². The Morgan fingerprint density at radius 2 is 1.73 bits per heavy atom. The Morgan fingerprint density at radius 3 is 2.47 bits per heavy atom. The fourth-order valence-electron chi connectivity index (χ4n) is 3.67. The molecular weight excluding hydrogens is 384 g/mol. The lowest BCUT2D eigenvalue weighted by Crippen LogP contribution is -2.24. The fourth-order valence-corrected chi connectivity index (χ4v) is 3.67. The van der Waals surface area contributed by atoms with Crippen molar-refractivity contribution < 1.29 is 23.4 Å². The molecule has 0 aliphatic heterocycles. The summed E-state index contributed by atoms with van der Waals surface area (Å²) in [7, 11) is 1.60. The number of carbonyl (C=O) groups excluding carboxylic acids is 1. The lowest BCUT2D eigenvalue weighted by molar-refractivity contribution is -0.152. The first-order chi connectivity index (χ1) is 14.6. The van der Waals surface area contributed by atoms with E-state index in [4.69, 9.17) is 18.6 Å². The van der Waals surface area contributed by atoms with Crippen molar-refractivity contribution in [3.05, 3.63) is 58.8 Å². The molecule has 1 aliphatic rings. The largest absolute Gasteiger partial charge is 0.497 e. The predicted molar refractivity (Wildman–Crippen MR) is 113 cm³/mol. The van der Waals surface area contributed by atoms with Crippen LogP contribution in [0.5, 0.6) is 11.5 Å². The molecule has 0 amide bonds. The topological polar surface area (TPSA) is 75.0 Å². The minimum Gasteiger partial charge on any atom is -0.497 e. The van der Waals surface area contributed by atoms with Gasteiger partial charge in [-0.05, 0) is 68.1 Å². The number of rotatable bonds is 6. The van der Waals surface area contributed by atoms with E-state index in [0.717, 1.165) is 37.0 Å². The molecule has 1 aliphatic carbocycles. The lowest BCUT2D eigenvalue weighted by atomic mass is 9.98. The summed E-state index contributed by atoms with van der Waals surface area (Å²) < 4.78 is 22.0. The monoisotopic (exact) mass is 408 g/mol. The first-order valence-corrected chi connectivity index (χ1v) is 10.2. The number of carbonyl (C=O) groups is 1. The van der Waals surface area contributed by atoms with Crippen molar-refractivity contribution in [1.29, 1.82) is 0 Å². The number of benzene rings is 2. The highest BCUT2D eigenvalue weighted by atomic mass is 16.6. The van der Waals surface area contributed by atoms with Crippen molar-refractivity contribution in [1.82, 2.24) is 0 Å². The number of hydrogen-bond donors (Lipinski definition) is 0. The normalized spacial score (nSPS) is 14.4. The molecule has 1 aromatic heterocycles. The van der Waals surface area contributed by atoms with E-state index in [1.807, 2.05) is 24.3 Å². The van der Waals surface area contributed by atoms with Gasteiger partial charge in [-0.1, -0.05) is 6.42 Å². The van der Waals surface area contributed by atoms with Gasteiger partial charge in [0, 0.05) is 11.6 Å². The van der Waals surface area contributed by atoms with Gasteiger partial charge in [-0.3, -0.25) is 4.79 Å². The summed E-state index contributed by atoms with van der Waals surface area (Å²) in [5, 5.41) is 0.394. The Hall–Kier alpha value is -3.28. The third-order valence-electron chi connectivity index (χ3n) is 5.28. The minimum absolute atomic E-state index is 0.00475. The van der Waals surface area contributed by atoms with Crippen molar-refractivity contribution >= 4 is 16.9 Å². The number of methoxy groups -OCH3 is 1. The van der Waals surface area contributed by atoms with Crippen LogP contribution in [0.4, 0.5) is 0 Å². The second kappa shape index (κ2) is 9.03. The van der Waals surface area contributed by atoms with E-state index in [2.05, 4.69) is 0 Å². The van der Waals surface area contributed by atoms with E-state index in [1.165, 1.54) is 12.5 Å². The van der Waals surface area contributed by atoms with Gasteiger partial charge in [0.25, 0.3) is 0 Å². The number of esters is 1. The van der Waals surface area contributed by atoms with Crippen LogP contribution in [0, 0.1) is 0 Å². The highest BCUT2D eigenvalue weighted by Gasteiger charge is 2.18. The Morgan fingerprint density at radius 1 is 1.00 bits per heavy atom. The molecule has 0 unspecified atom stereocenters. The van der Waals surface area contributed by atoms with E-state index >= 15 is 0 Å². The van der Waals surface area contributed by atoms with Crippen LogP contribution in [0.15, 0.2) is 57.7 Å². The van der Waals surface area contributed by atoms with E-state index in [9.17, 15) is 9.59 Å². The average molecular weight is 408 g/mol. The van der Waals surface area contributed by atoms with Crippen LogP contribution in [0.3, 0.4) is 0 Å². The molecule has 0 spiro atoms. The molecular formula is C24H24O6. The summed E-state index contributed by atoms with van der Waals surface area (Å²) in [6, 6.07) is 13.7. The van der Waals surface area contributed by atoms with Crippen molar-refractivity contribution in [2.45, 2.75) is 38.2 Å². The summed E-state index contributed by atoms with van der Waals surface area (Å²) in [5.41, 5.74) is 1.04. The van der Waals surface area contributed by atoms with Gasteiger partial charge in [0.2, 0.25) is 0 Å². The standard InChI is InChI=1S/C24H24O6/c1-27-17-9-7-16(8-10-17)23-14-21(25)20-13-19(11-12-22(20)30-23)28-15-24(26)29-18-5-3-2-4-6-18/h7-14,18H,2-6,15H2,1H3. The average Bonchev–Trinajstić information content (AvgIpc) is 2.78. The molecule has 30 heavy (non-hydrogen) atoms. The summed E-state index contributed by atoms with van der Waals surface area (Å²) in [4.78, 5) is 24.6. The summed E-state index contributed by atoms with van der Waals surface area (Å²) in [6.07, 6.45) is 5.22. The van der Waals surface area contributed by atoms with Crippen molar-refractivity contribution in [2.75, 3.05) is 13.7 Å². The molecule has 6 nitrogen and oxygen atoms in total. The van der Waals surface area contributed by atoms with Gasteiger partial charge in [0.05, 0.1) is 12.5 Å². The second-order valence-electron chi connectivity index (χ2n) is 7.40. The smallest absolute Gasteiger partial charge is 0.344 e. The van der Waals surface area contributed by atoms with Gasteiger partial charge in [0.1, 0.15) is 28.9 Å².